The first-order valence-electron chi connectivity index (χ1n) is 14.5. The second-order valence-corrected chi connectivity index (χ2v) is 12.4. The number of hydroxylamine groups is 2. The molecule has 5 unspecified atom stereocenters. The summed E-state index contributed by atoms with van der Waals surface area (Å²) in [5.74, 6) is -1.83. The number of carbonyl (C=O) groups excluding carboxylic acids is 2. The monoisotopic (exact) mass is 662 g/mol. The zero-order valence-corrected chi connectivity index (χ0v) is 24.9. The summed E-state index contributed by atoms with van der Waals surface area (Å²) in [6.45, 7) is -1.23. The van der Waals surface area contributed by atoms with E-state index in [1.165, 1.54) is 46.2 Å². The SMILES string of the molecule is O=C1c2c(c3c4ccc(O)cc4n(C4OC(CO)C(O)C(O)C4O)c3c3[nH]c4cc(O)ccc4c23)C(=O)N1OCc1csc(CO)n1. The molecular weight excluding hydrogens is 636 g/mol. The number of aromatic hydroxyl groups is 2. The van der Waals surface area contributed by atoms with Crippen LogP contribution in [0.25, 0.3) is 43.6 Å². The summed E-state index contributed by atoms with van der Waals surface area (Å²) in [5.41, 5.74) is 1.52. The van der Waals surface area contributed by atoms with Crippen molar-refractivity contribution in [2.45, 2.75) is 43.9 Å². The number of carbonyl (C=O) groups is 2. The van der Waals surface area contributed by atoms with E-state index in [-0.39, 0.29) is 52.3 Å². The average molecular weight is 663 g/mol. The van der Waals surface area contributed by atoms with Crippen LogP contribution in [0.2, 0.25) is 0 Å². The van der Waals surface area contributed by atoms with E-state index in [1.807, 2.05) is 0 Å². The number of thiazole rings is 1. The number of fused-ring (bicyclic) bond motifs is 10. The van der Waals surface area contributed by atoms with Gasteiger partial charge in [-0.25, -0.2) is 4.98 Å². The van der Waals surface area contributed by atoms with Crippen molar-refractivity contribution < 1.29 is 54.9 Å². The standard InChI is InChI=1S/C31H26N4O11S/c36-7-18-26(40)27(41)28(42)31(46-18)34-17-6-13(39)2-4-15(17)21-23-22(20-14-3-1-12(38)5-16(14)33-24(20)25(21)34)29(43)35(30(23)44)45-9-11-10-47-19(8-37)32-11/h1-6,10,18,26-28,31,33,36-42H,7-9H2. The fraction of sp³-hybridized carbons (Fsp3) is 0.258. The molecule has 1 fully saturated rings. The molecule has 2 aliphatic heterocycles. The number of benzene rings is 3. The van der Waals surface area contributed by atoms with Crippen molar-refractivity contribution >= 4 is 66.8 Å². The van der Waals surface area contributed by atoms with Gasteiger partial charge in [0.25, 0.3) is 11.8 Å². The van der Waals surface area contributed by atoms with Gasteiger partial charge in [0, 0.05) is 39.1 Å². The number of hydrogen-bond acceptors (Lipinski definition) is 13. The van der Waals surface area contributed by atoms with E-state index in [4.69, 9.17) is 9.57 Å². The second kappa shape index (κ2) is 10.7. The molecule has 15 nitrogen and oxygen atoms in total. The number of phenols is 2. The van der Waals surface area contributed by atoms with Gasteiger partial charge in [0.2, 0.25) is 0 Å². The minimum atomic E-state index is -1.75. The number of amides is 2. The highest BCUT2D eigenvalue weighted by Crippen LogP contribution is 2.48. The molecule has 0 saturated carbocycles. The Balaban J connectivity index is 1.44. The minimum Gasteiger partial charge on any atom is -0.508 e. The van der Waals surface area contributed by atoms with Gasteiger partial charge in [-0.1, -0.05) is 0 Å². The molecule has 1 saturated heterocycles. The molecule has 0 aliphatic carbocycles. The predicted octanol–water partition coefficient (Wildman–Crippen LogP) is 1.49. The Kier molecular flexibility index (Phi) is 6.76. The molecule has 47 heavy (non-hydrogen) atoms. The van der Waals surface area contributed by atoms with E-state index in [0.717, 1.165) is 0 Å². The maximum atomic E-state index is 14.2. The number of rotatable bonds is 6. The molecule has 3 aromatic carbocycles. The van der Waals surface area contributed by atoms with Crippen LogP contribution in [0.4, 0.5) is 0 Å². The Hall–Kier alpha value is -4.65. The van der Waals surface area contributed by atoms with Crippen LogP contribution < -0.4 is 0 Å². The molecular formula is C31H26N4O11S. The first-order chi connectivity index (χ1) is 22.6. The van der Waals surface area contributed by atoms with E-state index in [1.54, 1.807) is 11.4 Å². The van der Waals surface area contributed by atoms with E-state index >= 15 is 0 Å². The van der Waals surface area contributed by atoms with Gasteiger partial charge in [0.1, 0.15) is 47.5 Å². The van der Waals surface area contributed by atoms with Crippen LogP contribution in [-0.4, -0.2) is 98.2 Å². The molecule has 5 atom stereocenters. The highest BCUT2D eigenvalue weighted by Gasteiger charge is 2.47. The van der Waals surface area contributed by atoms with Crippen LogP contribution >= 0.6 is 11.3 Å². The van der Waals surface area contributed by atoms with Crippen molar-refractivity contribution in [2.75, 3.05) is 6.61 Å². The van der Waals surface area contributed by atoms with Crippen molar-refractivity contribution in [3.05, 3.63) is 63.6 Å². The lowest BCUT2D eigenvalue weighted by Gasteiger charge is -2.41. The maximum absolute atomic E-state index is 14.2. The lowest BCUT2D eigenvalue weighted by atomic mass is 9.96. The normalized spacial score (nSPS) is 23.3. The van der Waals surface area contributed by atoms with Gasteiger partial charge >= 0.3 is 0 Å². The Morgan fingerprint density at radius 2 is 1.62 bits per heavy atom. The molecule has 5 heterocycles. The molecule has 0 spiro atoms. The second-order valence-electron chi connectivity index (χ2n) is 11.4. The smallest absolute Gasteiger partial charge is 0.286 e. The third-order valence-corrected chi connectivity index (χ3v) is 9.63. The number of aromatic amines is 1. The summed E-state index contributed by atoms with van der Waals surface area (Å²) in [6, 6.07) is 8.72. The van der Waals surface area contributed by atoms with E-state index in [2.05, 4.69) is 9.97 Å². The number of phenolic OH excluding ortho intramolecular Hbond substituents is 2. The Labute approximate surface area is 266 Å². The van der Waals surface area contributed by atoms with E-state index < -0.39 is 49.1 Å². The van der Waals surface area contributed by atoms with Gasteiger partial charge in [0.05, 0.1) is 52.1 Å². The molecule has 16 heteroatoms. The Morgan fingerprint density at radius 1 is 0.915 bits per heavy atom. The van der Waals surface area contributed by atoms with Crippen LogP contribution in [0.1, 0.15) is 37.6 Å². The molecule has 2 amide bonds. The number of ether oxygens (including phenoxy) is 1. The number of nitrogens with one attached hydrogen (secondary N) is 1. The summed E-state index contributed by atoms with van der Waals surface area (Å²) in [4.78, 5) is 41.5. The molecule has 8 N–H and O–H groups in total. The molecule has 0 radical (unpaired) electrons. The lowest BCUT2D eigenvalue weighted by molar-refractivity contribution is -0.249. The summed E-state index contributed by atoms with van der Waals surface area (Å²) in [5, 5.41) is 76.7. The molecule has 2 aliphatic rings. The van der Waals surface area contributed by atoms with Crippen molar-refractivity contribution in [1.82, 2.24) is 19.6 Å². The van der Waals surface area contributed by atoms with Crippen LogP contribution in [0.3, 0.4) is 0 Å². The van der Waals surface area contributed by atoms with Crippen LogP contribution in [0, 0.1) is 0 Å². The van der Waals surface area contributed by atoms with Gasteiger partial charge in [-0.15, -0.1) is 16.4 Å². The van der Waals surface area contributed by atoms with Crippen LogP contribution in [0.5, 0.6) is 11.5 Å². The fourth-order valence-corrected chi connectivity index (χ4v) is 7.33. The molecule has 8 rings (SSSR count). The van der Waals surface area contributed by atoms with Gasteiger partial charge in [-0.3, -0.25) is 14.4 Å². The number of aromatic nitrogens is 3. The number of H-pyrrole nitrogens is 1. The largest absolute Gasteiger partial charge is 0.508 e. The first kappa shape index (κ1) is 29.7. The molecule has 6 aromatic rings. The first-order valence-corrected chi connectivity index (χ1v) is 15.3. The summed E-state index contributed by atoms with van der Waals surface area (Å²) < 4.78 is 7.41. The zero-order chi connectivity index (χ0) is 32.9. The highest BCUT2D eigenvalue weighted by atomic mass is 32.1. The summed E-state index contributed by atoms with van der Waals surface area (Å²) >= 11 is 1.19. The molecule has 242 valence electrons. The summed E-state index contributed by atoms with van der Waals surface area (Å²) in [7, 11) is 0. The van der Waals surface area contributed by atoms with Gasteiger partial charge in [0.15, 0.2) is 6.23 Å². The maximum Gasteiger partial charge on any atom is 0.286 e. The minimum absolute atomic E-state index is 0.00434. The number of nitrogens with zero attached hydrogens (tertiary/aromatic N) is 3. The fourth-order valence-electron chi connectivity index (χ4n) is 6.69. The number of hydrogen-bond donors (Lipinski definition) is 8. The van der Waals surface area contributed by atoms with Crippen LogP contribution in [-0.2, 0) is 22.8 Å². The van der Waals surface area contributed by atoms with Crippen molar-refractivity contribution in [1.29, 1.82) is 0 Å². The van der Waals surface area contributed by atoms with Crippen molar-refractivity contribution in [3.63, 3.8) is 0 Å². The average Bonchev–Trinajstić information content (AvgIpc) is 3.81. The van der Waals surface area contributed by atoms with Gasteiger partial charge in [-0.2, -0.15) is 0 Å². The van der Waals surface area contributed by atoms with Gasteiger partial charge < -0.3 is 50.0 Å². The Bertz CT molecular complexity index is 2270. The van der Waals surface area contributed by atoms with Crippen LogP contribution in [0.15, 0.2) is 41.8 Å². The third-order valence-electron chi connectivity index (χ3n) is 8.75. The van der Waals surface area contributed by atoms with Crippen molar-refractivity contribution in [3.8, 4) is 11.5 Å². The highest BCUT2D eigenvalue weighted by molar-refractivity contribution is 7.09. The van der Waals surface area contributed by atoms with Crippen molar-refractivity contribution in [2.24, 2.45) is 0 Å². The molecule has 3 aromatic heterocycles. The van der Waals surface area contributed by atoms with Gasteiger partial charge in [-0.05, 0) is 24.3 Å². The quantitative estimate of drug-likeness (QED) is 0.119. The third kappa shape index (κ3) is 4.21. The predicted molar refractivity (Wildman–Crippen MR) is 164 cm³/mol. The summed E-state index contributed by atoms with van der Waals surface area (Å²) in [6.07, 6.45) is -7.88. The zero-order valence-electron chi connectivity index (χ0n) is 24.1. The topological polar surface area (TPSA) is 231 Å². The molecule has 0 bridgehead atoms. The Morgan fingerprint density at radius 3 is 2.32 bits per heavy atom. The number of aliphatic hydroxyl groups is 5. The van der Waals surface area contributed by atoms with E-state index in [0.29, 0.717) is 43.0 Å². The number of imide groups is 1. The number of aliphatic hydroxyl groups excluding tert-OH is 5. The van der Waals surface area contributed by atoms with E-state index in [9.17, 15) is 45.3 Å². The lowest BCUT2D eigenvalue weighted by Crippen LogP contribution is -2.56.